The lowest BCUT2D eigenvalue weighted by atomic mass is 10.1. The smallest absolute Gasteiger partial charge is 0.122 e. The number of aliphatic hydroxyl groups is 1. The van der Waals surface area contributed by atoms with E-state index in [2.05, 4.69) is 4.98 Å². The number of phenols is 1. The van der Waals surface area contributed by atoms with Crippen molar-refractivity contribution in [3.05, 3.63) is 29.5 Å². The van der Waals surface area contributed by atoms with E-state index < -0.39 is 6.10 Å². The van der Waals surface area contributed by atoms with Crippen LogP contribution in [-0.4, -0.2) is 15.2 Å². The molecule has 74 valence electrons. The van der Waals surface area contributed by atoms with Crippen LogP contribution < -0.4 is 0 Å². The maximum Gasteiger partial charge on any atom is 0.122 e. The molecule has 3 nitrogen and oxygen atoms in total. The molecule has 3 N–H and O–H groups in total. The number of hydrogen-bond donors (Lipinski definition) is 3. The summed E-state index contributed by atoms with van der Waals surface area (Å²) in [4.78, 5) is 3.16. The molecule has 14 heavy (non-hydrogen) atoms. The van der Waals surface area contributed by atoms with Crippen LogP contribution in [0.4, 0.5) is 0 Å². The van der Waals surface area contributed by atoms with Crippen LogP contribution in [0.2, 0.25) is 0 Å². The molecule has 1 aromatic heterocycles. The van der Waals surface area contributed by atoms with Crippen LogP contribution in [0, 0.1) is 6.92 Å². The van der Waals surface area contributed by atoms with Crippen LogP contribution in [0.3, 0.4) is 0 Å². The zero-order chi connectivity index (χ0) is 10.3. The van der Waals surface area contributed by atoms with Gasteiger partial charge in [0.1, 0.15) is 5.75 Å². The second-order valence-corrected chi connectivity index (χ2v) is 3.63. The normalized spacial score (nSPS) is 13.4. The summed E-state index contributed by atoms with van der Waals surface area (Å²) in [7, 11) is 0. The van der Waals surface area contributed by atoms with Gasteiger partial charge in [0, 0.05) is 22.2 Å². The summed E-state index contributed by atoms with van der Waals surface area (Å²) in [5, 5.41) is 20.0. The fourth-order valence-corrected chi connectivity index (χ4v) is 1.67. The van der Waals surface area contributed by atoms with E-state index in [1.54, 1.807) is 19.1 Å². The molecule has 0 aliphatic carbocycles. The van der Waals surface area contributed by atoms with E-state index in [1.807, 2.05) is 13.0 Å². The van der Waals surface area contributed by atoms with Gasteiger partial charge in [-0.05, 0) is 32.0 Å². The third-order valence-electron chi connectivity index (χ3n) is 2.35. The molecular formula is C11H13NO2. The lowest BCUT2D eigenvalue weighted by Crippen LogP contribution is -1.91. The van der Waals surface area contributed by atoms with Crippen molar-refractivity contribution in [2.24, 2.45) is 0 Å². The molecule has 0 spiro atoms. The number of phenolic OH excluding ortho intramolecular Hbond substituents is 1. The van der Waals surface area contributed by atoms with Gasteiger partial charge in [-0.1, -0.05) is 0 Å². The molecule has 3 heteroatoms. The van der Waals surface area contributed by atoms with E-state index in [1.165, 1.54) is 0 Å². The molecule has 1 aromatic carbocycles. The van der Waals surface area contributed by atoms with Crippen molar-refractivity contribution in [2.45, 2.75) is 20.0 Å². The first kappa shape index (κ1) is 9.09. The van der Waals surface area contributed by atoms with Crippen molar-refractivity contribution in [1.29, 1.82) is 0 Å². The molecule has 0 fully saturated rings. The van der Waals surface area contributed by atoms with Crippen LogP contribution in [0.1, 0.15) is 24.3 Å². The minimum atomic E-state index is -0.650. The van der Waals surface area contributed by atoms with E-state index in [0.717, 1.165) is 16.6 Å². The number of hydrogen-bond acceptors (Lipinski definition) is 2. The first-order chi connectivity index (χ1) is 6.58. The molecule has 0 amide bonds. The Morgan fingerprint density at radius 1 is 1.29 bits per heavy atom. The summed E-state index contributed by atoms with van der Waals surface area (Å²) in [5.74, 6) is 0.145. The molecule has 1 atom stereocenters. The standard InChI is InChI=1S/C11H13NO2/c1-6-3-8-4-11(14)9(7(2)13)5-10(8)12-6/h3-5,7,12-14H,1-2H3. The zero-order valence-corrected chi connectivity index (χ0v) is 8.20. The second-order valence-electron chi connectivity index (χ2n) is 3.63. The van der Waals surface area contributed by atoms with Gasteiger partial charge in [-0.3, -0.25) is 0 Å². The maximum absolute atomic E-state index is 9.61. The van der Waals surface area contributed by atoms with Gasteiger partial charge in [0.25, 0.3) is 0 Å². The van der Waals surface area contributed by atoms with Gasteiger partial charge < -0.3 is 15.2 Å². The third-order valence-corrected chi connectivity index (χ3v) is 2.35. The first-order valence-electron chi connectivity index (χ1n) is 4.58. The summed E-state index contributed by atoms with van der Waals surface area (Å²) in [6.07, 6.45) is -0.650. The lowest BCUT2D eigenvalue weighted by molar-refractivity contribution is 0.195. The average molecular weight is 191 g/mol. The SMILES string of the molecule is Cc1cc2cc(O)c(C(C)O)cc2[nH]1. The Morgan fingerprint density at radius 3 is 2.64 bits per heavy atom. The zero-order valence-electron chi connectivity index (χ0n) is 8.20. The predicted octanol–water partition coefficient (Wildman–Crippen LogP) is 2.24. The summed E-state index contributed by atoms with van der Waals surface area (Å²) in [6, 6.07) is 5.41. The summed E-state index contributed by atoms with van der Waals surface area (Å²) >= 11 is 0. The summed E-state index contributed by atoms with van der Waals surface area (Å²) < 4.78 is 0. The highest BCUT2D eigenvalue weighted by molar-refractivity contribution is 5.83. The quantitative estimate of drug-likeness (QED) is 0.647. The number of aromatic nitrogens is 1. The van der Waals surface area contributed by atoms with Crippen LogP contribution >= 0.6 is 0 Å². The number of aliphatic hydroxyl groups excluding tert-OH is 1. The van der Waals surface area contributed by atoms with E-state index in [-0.39, 0.29) is 5.75 Å². The molecule has 0 aliphatic heterocycles. The number of benzene rings is 1. The van der Waals surface area contributed by atoms with Crippen LogP contribution in [0.25, 0.3) is 10.9 Å². The van der Waals surface area contributed by atoms with Gasteiger partial charge in [0.05, 0.1) is 6.10 Å². The number of nitrogens with one attached hydrogen (secondary N) is 1. The minimum Gasteiger partial charge on any atom is -0.508 e. The lowest BCUT2D eigenvalue weighted by Gasteiger charge is -2.07. The summed E-state index contributed by atoms with van der Waals surface area (Å²) in [5.41, 5.74) is 2.54. The van der Waals surface area contributed by atoms with Crippen molar-refractivity contribution < 1.29 is 10.2 Å². The molecule has 2 rings (SSSR count). The topological polar surface area (TPSA) is 56.2 Å². The molecule has 1 unspecified atom stereocenters. The monoisotopic (exact) mass is 191 g/mol. The Labute approximate surface area is 82.0 Å². The summed E-state index contributed by atoms with van der Waals surface area (Å²) in [6.45, 7) is 3.59. The number of aryl methyl sites for hydroxylation is 1. The van der Waals surface area contributed by atoms with Gasteiger partial charge in [0.2, 0.25) is 0 Å². The molecule has 0 saturated heterocycles. The highest BCUT2D eigenvalue weighted by Gasteiger charge is 2.09. The van der Waals surface area contributed by atoms with Crippen molar-refractivity contribution in [3.8, 4) is 5.75 Å². The molecule has 1 heterocycles. The van der Waals surface area contributed by atoms with Gasteiger partial charge >= 0.3 is 0 Å². The van der Waals surface area contributed by atoms with Gasteiger partial charge in [0.15, 0.2) is 0 Å². The van der Waals surface area contributed by atoms with Crippen molar-refractivity contribution in [3.63, 3.8) is 0 Å². The molecule has 0 saturated carbocycles. The molecule has 0 bridgehead atoms. The van der Waals surface area contributed by atoms with Crippen molar-refractivity contribution in [2.75, 3.05) is 0 Å². The van der Waals surface area contributed by atoms with Gasteiger partial charge in [-0.15, -0.1) is 0 Å². The third kappa shape index (κ3) is 1.36. The van der Waals surface area contributed by atoms with Crippen molar-refractivity contribution >= 4 is 10.9 Å². The van der Waals surface area contributed by atoms with Crippen LogP contribution in [0.5, 0.6) is 5.75 Å². The molecular weight excluding hydrogens is 178 g/mol. The molecule has 0 aliphatic rings. The Balaban J connectivity index is 2.70. The van der Waals surface area contributed by atoms with Crippen molar-refractivity contribution in [1.82, 2.24) is 4.98 Å². The van der Waals surface area contributed by atoms with Gasteiger partial charge in [-0.2, -0.15) is 0 Å². The molecule has 2 aromatic rings. The van der Waals surface area contributed by atoms with E-state index in [0.29, 0.717) is 5.56 Å². The maximum atomic E-state index is 9.61. The Bertz CT molecular complexity index is 471. The fourth-order valence-electron chi connectivity index (χ4n) is 1.67. The van der Waals surface area contributed by atoms with Crippen LogP contribution in [-0.2, 0) is 0 Å². The predicted molar refractivity (Wildman–Crippen MR) is 55.3 cm³/mol. The van der Waals surface area contributed by atoms with E-state index in [4.69, 9.17) is 0 Å². The number of fused-ring (bicyclic) bond motifs is 1. The average Bonchev–Trinajstić information content (AvgIpc) is 2.42. The fraction of sp³-hybridized carbons (Fsp3) is 0.273. The second kappa shape index (κ2) is 3.03. The Morgan fingerprint density at radius 2 is 2.00 bits per heavy atom. The van der Waals surface area contributed by atoms with E-state index in [9.17, 15) is 10.2 Å². The molecule has 0 radical (unpaired) electrons. The number of aromatic amines is 1. The van der Waals surface area contributed by atoms with Crippen LogP contribution in [0.15, 0.2) is 18.2 Å². The highest BCUT2D eigenvalue weighted by Crippen LogP contribution is 2.29. The Kier molecular flexibility index (Phi) is 1.97. The number of H-pyrrole nitrogens is 1. The first-order valence-corrected chi connectivity index (χ1v) is 4.58. The Hall–Kier alpha value is -1.48. The number of rotatable bonds is 1. The highest BCUT2D eigenvalue weighted by atomic mass is 16.3. The van der Waals surface area contributed by atoms with E-state index >= 15 is 0 Å². The van der Waals surface area contributed by atoms with Gasteiger partial charge in [-0.25, -0.2) is 0 Å². The minimum absolute atomic E-state index is 0.145. The largest absolute Gasteiger partial charge is 0.508 e. The number of aromatic hydroxyl groups is 1.